The van der Waals surface area contributed by atoms with Crippen LogP contribution in [0.2, 0.25) is 5.02 Å². The number of anilines is 1. The lowest BCUT2D eigenvalue weighted by Gasteiger charge is -2.27. The maximum atomic E-state index is 13.5. The molecule has 2 heterocycles. The molecule has 4 nitrogen and oxygen atoms in total. The summed E-state index contributed by atoms with van der Waals surface area (Å²) < 4.78 is 46.2. The van der Waals surface area contributed by atoms with E-state index in [0.717, 1.165) is 16.6 Å². The summed E-state index contributed by atoms with van der Waals surface area (Å²) in [5.74, 6) is 0.137. The largest absolute Gasteiger partial charge is 0.434 e. The van der Waals surface area contributed by atoms with Crippen LogP contribution in [0.4, 0.5) is 19.1 Å². The van der Waals surface area contributed by atoms with Crippen molar-refractivity contribution in [1.29, 1.82) is 0 Å². The minimum Gasteiger partial charge on any atom is -0.434 e. The Labute approximate surface area is 180 Å². The van der Waals surface area contributed by atoms with Crippen molar-refractivity contribution in [1.82, 2.24) is 9.55 Å². The van der Waals surface area contributed by atoms with Crippen LogP contribution in [0, 0.1) is 5.82 Å². The van der Waals surface area contributed by atoms with E-state index in [2.05, 4.69) is 10.3 Å². The Balaban J connectivity index is 1.70. The first-order valence-electron chi connectivity index (χ1n) is 9.45. The van der Waals surface area contributed by atoms with Crippen LogP contribution in [0.5, 0.6) is 5.75 Å². The lowest BCUT2D eigenvalue weighted by Crippen LogP contribution is -2.19. The number of para-hydroxylation sites is 2. The summed E-state index contributed by atoms with van der Waals surface area (Å²) >= 11 is 6.00. The van der Waals surface area contributed by atoms with Crippen LogP contribution in [-0.2, 0) is 0 Å². The fraction of sp³-hybridized carbons (Fsp3) is 0.0870. The number of hydrogen-bond acceptors (Lipinski definition) is 3. The molecule has 1 aromatic heterocycles. The molecule has 1 aliphatic heterocycles. The van der Waals surface area contributed by atoms with E-state index in [1.54, 1.807) is 24.3 Å². The molecule has 156 valence electrons. The van der Waals surface area contributed by atoms with Gasteiger partial charge in [0.2, 0.25) is 5.95 Å². The average Bonchev–Trinajstić information content (AvgIpc) is 3.12. The molecule has 3 aromatic carbocycles. The summed E-state index contributed by atoms with van der Waals surface area (Å²) in [6.07, 6.45) is 1.87. The van der Waals surface area contributed by atoms with E-state index in [9.17, 15) is 13.2 Å². The molecule has 0 amide bonds. The van der Waals surface area contributed by atoms with Crippen molar-refractivity contribution in [2.45, 2.75) is 12.7 Å². The van der Waals surface area contributed by atoms with Gasteiger partial charge in [0.15, 0.2) is 0 Å². The van der Waals surface area contributed by atoms with Gasteiger partial charge < -0.3 is 10.1 Å². The third kappa shape index (κ3) is 3.61. The van der Waals surface area contributed by atoms with Crippen LogP contribution in [-0.4, -0.2) is 16.2 Å². The van der Waals surface area contributed by atoms with Crippen molar-refractivity contribution in [2.24, 2.45) is 0 Å². The first-order valence-corrected chi connectivity index (χ1v) is 9.83. The highest BCUT2D eigenvalue weighted by Gasteiger charge is 2.27. The number of nitrogens with zero attached hydrogens (tertiary/aromatic N) is 2. The highest BCUT2D eigenvalue weighted by atomic mass is 35.5. The summed E-state index contributed by atoms with van der Waals surface area (Å²) in [6.45, 7) is -3.00. The molecular formula is C23H15ClF3N3O. The number of ether oxygens (including phenoxy) is 1. The first kappa shape index (κ1) is 19.5. The number of rotatable bonds is 4. The number of aromatic nitrogens is 2. The fourth-order valence-electron chi connectivity index (χ4n) is 3.78. The Bertz CT molecular complexity index is 1300. The number of fused-ring (bicyclic) bond motifs is 3. The molecule has 0 bridgehead atoms. The number of halogens is 4. The molecule has 0 aliphatic carbocycles. The van der Waals surface area contributed by atoms with Gasteiger partial charge in [0.05, 0.1) is 22.8 Å². The molecule has 4 aromatic rings. The molecule has 1 N–H and O–H groups in total. The number of alkyl halides is 2. The molecule has 0 radical (unpaired) electrons. The monoisotopic (exact) mass is 441 g/mol. The zero-order valence-electron chi connectivity index (χ0n) is 15.9. The van der Waals surface area contributed by atoms with Crippen LogP contribution in [0.15, 0.2) is 72.8 Å². The van der Waals surface area contributed by atoms with Crippen LogP contribution in [0.1, 0.15) is 17.2 Å². The first-order chi connectivity index (χ1) is 15.0. The normalized spacial score (nSPS) is 15.5. The summed E-state index contributed by atoms with van der Waals surface area (Å²) in [5.41, 5.74) is 3.41. The van der Waals surface area contributed by atoms with Crippen LogP contribution < -0.4 is 10.1 Å². The van der Waals surface area contributed by atoms with Crippen molar-refractivity contribution in [3.05, 3.63) is 94.8 Å². The number of allylic oxidation sites excluding steroid dienone is 1. The maximum absolute atomic E-state index is 13.5. The van der Waals surface area contributed by atoms with E-state index >= 15 is 0 Å². The van der Waals surface area contributed by atoms with Gasteiger partial charge in [-0.05, 0) is 54.1 Å². The van der Waals surface area contributed by atoms with Crippen molar-refractivity contribution >= 4 is 34.3 Å². The standard InChI is InChI=1S/C23H15ClF3N3O/c24-14-7-10-16(21(11-14)31-22(26)27)18-12-20(13-5-8-15(25)9-6-13)30-19-4-2-1-3-17(19)28-23(30)29-18/h1-12,20,22H,(H,28,29). The number of imidazole rings is 1. The van der Waals surface area contributed by atoms with E-state index in [1.807, 2.05) is 34.9 Å². The Morgan fingerprint density at radius 2 is 1.81 bits per heavy atom. The lowest BCUT2D eigenvalue weighted by atomic mass is 10.0. The highest BCUT2D eigenvalue weighted by molar-refractivity contribution is 6.30. The quantitative estimate of drug-likeness (QED) is 0.393. The average molecular weight is 442 g/mol. The van der Waals surface area contributed by atoms with Crippen LogP contribution in [0.25, 0.3) is 16.7 Å². The molecule has 1 atom stereocenters. The van der Waals surface area contributed by atoms with E-state index in [-0.39, 0.29) is 22.6 Å². The molecular weight excluding hydrogens is 427 g/mol. The predicted octanol–water partition coefficient (Wildman–Crippen LogP) is 6.49. The highest BCUT2D eigenvalue weighted by Crippen LogP contribution is 2.39. The molecule has 1 unspecified atom stereocenters. The van der Waals surface area contributed by atoms with Crippen molar-refractivity contribution in [3.63, 3.8) is 0 Å². The van der Waals surface area contributed by atoms with E-state index < -0.39 is 6.61 Å². The Morgan fingerprint density at radius 3 is 2.58 bits per heavy atom. The Morgan fingerprint density at radius 1 is 1.03 bits per heavy atom. The zero-order valence-corrected chi connectivity index (χ0v) is 16.7. The summed E-state index contributed by atoms with van der Waals surface area (Å²) in [7, 11) is 0. The molecule has 0 saturated heterocycles. The van der Waals surface area contributed by atoms with E-state index in [0.29, 0.717) is 17.2 Å². The fourth-order valence-corrected chi connectivity index (χ4v) is 3.95. The van der Waals surface area contributed by atoms with E-state index in [1.165, 1.54) is 18.2 Å². The minimum atomic E-state index is -3.00. The molecule has 0 saturated carbocycles. The third-order valence-corrected chi connectivity index (χ3v) is 5.34. The smallest absolute Gasteiger partial charge is 0.387 e. The van der Waals surface area contributed by atoms with Gasteiger partial charge in [0, 0.05) is 10.6 Å². The van der Waals surface area contributed by atoms with Gasteiger partial charge in [-0.2, -0.15) is 8.78 Å². The van der Waals surface area contributed by atoms with Crippen molar-refractivity contribution < 1.29 is 17.9 Å². The zero-order chi connectivity index (χ0) is 21.5. The van der Waals surface area contributed by atoms with Gasteiger partial charge in [0.25, 0.3) is 0 Å². The van der Waals surface area contributed by atoms with Crippen molar-refractivity contribution in [2.75, 3.05) is 5.32 Å². The molecule has 1 aliphatic rings. The van der Waals surface area contributed by atoms with Gasteiger partial charge in [0.1, 0.15) is 11.6 Å². The second-order valence-electron chi connectivity index (χ2n) is 7.01. The van der Waals surface area contributed by atoms with Gasteiger partial charge in [-0.25, -0.2) is 9.37 Å². The Kier molecular flexibility index (Phi) is 4.82. The van der Waals surface area contributed by atoms with Gasteiger partial charge in [-0.1, -0.05) is 35.9 Å². The number of benzene rings is 3. The second-order valence-corrected chi connectivity index (χ2v) is 7.45. The van der Waals surface area contributed by atoms with Crippen molar-refractivity contribution in [3.8, 4) is 5.75 Å². The van der Waals surface area contributed by atoms with Crippen LogP contribution in [0.3, 0.4) is 0 Å². The second kappa shape index (κ2) is 7.67. The minimum absolute atomic E-state index is 0.0522. The summed E-state index contributed by atoms with van der Waals surface area (Å²) in [4.78, 5) is 4.65. The predicted molar refractivity (Wildman–Crippen MR) is 114 cm³/mol. The van der Waals surface area contributed by atoms with Crippen LogP contribution >= 0.6 is 11.6 Å². The number of nitrogens with one attached hydrogen (secondary N) is 1. The summed E-state index contributed by atoms with van der Waals surface area (Å²) in [6, 6.07) is 18.0. The topological polar surface area (TPSA) is 39.1 Å². The molecule has 5 rings (SSSR count). The SMILES string of the molecule is Fc1ccc(C2C=C(c3ccc(Cl)cc3OC(F)F)Nc3nc4ccccc4n32)cc1. The maximum Gasteiger partial charge on any atom is 0.387 e. The molecule has 8 heteroatoms. The van der Waals surface area contributed by atoms with Gasteiger partial charge in [-0.15, -0.1) is 0 Å². The molecule has 0 spiro atoms. The Hall–Kier alpha value is -3.45. The van der Waals surface area contributed by atoms with Gasteiger partial charge >= 0.3 is 6.61 Å². The third-order valence-electron chi connectivity index (χ3n) is 5.11. The summed E-state index contributed by atoms with van der Waals surface area (Å²) in [5, 5.41) is 3.49. The van der Waals surface area contributed by atoms with E-state index in [4.69, 9.17) is 16.3 Å². The number of hydrogen-bond donors (Lipinski definition) is 1. The molecule has 0 fully saturated rings. The molecule has 31 heavy (non-hydrogen) atoms. The lowest BCUT2D eigenvalue weighted by molar-refractivity contribution is -0.0500. The van der Waals surface area contributed by atoms with Gasteiger partial charge in [-0.3, -0.25) is 4.57 Å².